The maximum Gasteiger partial charge on any atom is 0.322 e. The van der Waals surface area contributed by atoms with E-state index < -0.39 is 0 Å². The van der Waals surface area contributed by atoms with Gasteiger partial charge in [0.25, 0.3) is 0 Å². The van der Waals surface area contributed by atoms with Crippen LogP contribution < -0.4 is 19.7 Å². The Morgan fingerprint density at radius 3 is 2.50 bits per heavy atom. The number of ether oxygens (including phenoxy) is 2. The lowest BCUT2D eigenvalue weighted by molar-refractivity contribution is -0.116. The summed E-state index contributed by atoms with van der Waals surface area (Å²) in [6.07, 6.45) is 0.684. The number of benzene rings is 2. The van der Waals surface area contributed by atoms with Gasteiger partial charge in [-0.2, -0.15) is 5.10 Å². The van der Waals surface area contributed by atoms with E-state index >= 15 is 0 Å². The van der Waals surface area contributed by atoms with Gasteiger partial charge in [-0.05, 0) is 24.3 Å². The van der Waals surface area contributed by atoms with Crippen LogP contribution in [0.25, 0.3) is 0 Å². The van der Waals surface area contributed by atoms with Gasteiger partial charge in [-0.3, -0.25) is 9.48 Å². The first kappa shape index (κ1) is 23.2. The standard InChI is InChI=1S/C25H29N5O4/c1-17(31)30(19-8-6-5-7-9-19)16-21-20-15-29(13-12-22(20)28(2)27-21)25(32)26-18-10-11-23(33-3)24(14-18)34-4/h5-11,14H,12-13,15-16H2,1-4H3,(H,26,32). The van der Waals surface area contributed by atoms with Crippen molar-refractivity contribution in [2.75, 3.05) is 31.0 Å². The third kappa shape index (κ3) is 4.68. The van der Waals surface area contributed by atoms with E-state index in [0.717, 1.165) is 22.6 Å². The zero-order valence-electron chi connectivity index (χ0n) is 19.9. The Labute approximate surface area is 198 Å². The van der Waals surface area contributed by atoms with Crippen molar-refractivity contribution in [1.82, 2.24) is 14.7 Å². The van der Waals surface area contributed by atoms with Gasteiger partial charge >= 0.3 is 6.03 Å². The SMILES string of the molecule is COc1ccc(NC(=O)N2CCc3c(c(CN(C(C)=O)c4ccccc4)nn3C)C2)cc1OC. The van der Waals surface area contributed by atoms with E-state index in [1.54, 1.807) is 49.1 Å². The number of urea groups is 1. The molecule has 0 unspecified atom stereocenters. The third-order valence-corrected chi connectivity index (χ3v) is 6.00. The number of anilines is 2. The van der Waals surface area contributed by atoms with Crippen LogP contribution in [0.5, 0.6) is 11.5 Å². The number of fused-ring (bicyclic) bond motifs is 1. The van der Waals surface area contributed by atoms with Gasteiger partial charge < -0.3 is 24.6 Å². The zero-order chi connectivity index (χ0) is 24.2. The average Bonchev–Trinajstić information content (AvgIpc) is 3.17. The lowest BCUT2D eigenvalue weighted by Crippen LogP contribution is -2.39. The van der Waals surface area contributed by atoms with E-state index in [9.17, 15) is 9.59 Å². The number of methoxy groups -OCH3 is 2. The fourth-order valence-corrected chi connectivity index (χ4v) is 4.23. The highest BCUT2D eigenvalue weighted by molar-refractivity contribution is 5.91. The first-order valence-corrected chi connectivity index (χ1v) is 11.1. The van der Waals surface area contributed by atoms with Crippen molar-refractivity contribution < 1.29 is 19.1 Å². The number of carbonyl (C=O) groups excluding carboxylic acids is 2. The second kappa shape index (κ2) is 9.86. The fourth-order valence-electron chi connectivity index (χ4n) is 4.23. The second-order valence-corrected chi connectivity index (χ2v) is 8.11. The molecule has 0 saturated carbocycles. The van der Waals surface area contributed by atoms with Crippen LogP contribution >= 0.6 is 0 Å². The van der Waals surface area contributed by atoms with Gasteiger partial charge in [-0.15, -0.1) is 0 Å². The predicted molar refractivity (Wildman–Crippen MR) is 129 cm³/mol. The molecule has 9 nitrogen and oxygen atoms in total. The summed E-state index contributed by atoms with van der Waals surface area (Å²) in [5.74, 6) is 1.07. The molecule has 3 aromatic rings. The van der Waals surface area contributed by atoms with Crippen LogP contribution in [0.2, 0.25) is 0 Å². The van der Waals surface area contributed by atoms with Crippen LogP contribution in [0.4, 0.5) is 16.2 Å². The number of para-hydroxylation sites is 1. The molecular weight excluding hydrogens is 434 g/mol. The minimum atomic E-state index is -0.209. The third-order valence-electron chi connectivity index (χ3n) is 6.00. The summed E-state index contributed by atoms with van der Waals surface area (Å²) >= 11 is 0. The molecule has 1 N–H and O–H groups in total. The molecule has 9 heteroatoms. The largest absolute Gasteiger partial charge is 0.493 e. The molecule has 1 aliphatic rings. The van der Waals surface area contributed by atoms with Crippen LogP contribution in [0.15, 0.2) is 48.5 Å². The van der Waals surface area contributed by atoms with Crippen molar-refractivity contribution in [2.45, 2.75) is 26.4 Å². The Kier molecular flexibility index (Phi) is 6.72. The molecule has 0 aliphatic carbocycles. The highest BCUT2D eigenvalue weighted by Gasteiger charge is 2.28. The van der Waals surface area contributed by atoms with Crippen molar-refractivity contribution in [1.29, 1.82) is 0 Å². The van der Waals surface area contributed by atoms with Gasteiger partial charge in [-0.25, -0.2) is 4.79 Å². The molecule has 1 aromatic heterocycles. The summed E-state index contributed by atoms with van der Waals surface area (Å²) in [5.41, 5.74) is 4.29. The van der Waals surface area contributed by atoms with Gasteiger partial charge in [0.05, 0.1) is 33.0 Å². The van der Waals surface area contributed by atoms with Crippen molar-refractivity contribution >= 4 is 23.3 Å². The van der Waals surface area contributed by atoms with Crippen LogP contribution in [0.1, 0.15) is 23.9 Å². The van der Waals surface area contributed by atoms with Gasteiger partial charge in [0.1, 0.15) is 0 Å². The second-order valence-electron chi connectivity index (χ2n) is 8.11. The first-order chi connectivity index (χ1) is 16.4. The maximum atomic E-state index is 13.1. The molecular formula is C25H29N5O4. The Bertz CT molecular complexity index is 1190. The summed E-state index contributed by atoms with van der Waals surface area (Å²) in [6, 6.07) is 14.6. The molecule has 0 saturated heterocycles. The van der Waals surface area contributed by atoms with Gasteiger partial charge in [0, 0.05) is 55.6 Å². The summed E-state index contributed by atoms with van der Waals surface area (Å²) in [7, 11) is 5.03. The molecule has 2 aromatic carbocycles. The van der Waals surface area contributed by atoms with Crippen molar-refractivity contribution in [3.8, 4) is 11.5 Å². The molecule has 178 valence electrons. The predicted octanol–water partition coefficient (Wildman–Crippen LogP) is 3.58. The van der Waals surface area contributed by atoms with E-state index in [4.69, 9.17) is 14.6 Å². The first-order valence-electron chi connectivity index (χ1n) is 11.1. The van der Waals surface area contributed by atoms with Crippen LogP contribution in [0, 0.1) is 0 Å². The number of nitrogens with zero attached hydrogens (tertiary/aromatic N) is 4. The fraction of sp³-hybridized carbons (Fsp3) is 0.320. The number of rotatable bonds is 6. The number of carbonyl (C=O) groups is 2. The molecule has 2 heterocycles. The van der Waals surface area contributed by atoms with Crippen molar-refractivity contribution in [2.24, 2.45) is 7.05 Å². The number of aromatic nitrogens is 2. The highest BCUT2D eigenvalue weighted by atomic mass is 16.5. The van der Waals surface area contributed by atoms with Gasteiger partial charge in [-0.1, -0.05) is 18.2 Å². The van der Waals surface area contributed by atoms with Crippen molar-refractivity contribution in [3.63, 3.8) is 0 Å². The van der Waals surface area contributed by atoms with E-state index in [1.165, 1.54) is 0 Å². The molecule has 1 aliphatic heterocycles. The van der Waals surface area contributed by atoms with Gasteiger partial charge in [0.15, 0.2) is 11.5 Å². The number of aryl methyl sites for hydroxylation is 1. The Morgan fingerprint density at radius 1 is 1.09 bits per heavy atom. The number of nitrogens with one attached hydrogen (secondary N) is 1. The molecule has 0 radical (unpaired) electrons. The topological polar surface area (TPSA) is 88.9 Å². The zero-order valence-corrected chi connectivity index (χ0v) is 19.9. The minimum absolute atomic E-state index is 0.0653. The van der Waals surface area contributed by atoms with Crippen molar-refractivity contribution in [3.05, 3.63) is 65.5 Å². The molecule has 0 fully saturated rings. The van der Waals surface area contributed by atoms with E-state index in [1.807, 2.05) is 42.1 Å². The van der Waals surface area contributed by atoms with Crippen LogP contribution in [0.3, 0.4) is 0 Å². The Hall–Kier alpha value is -4.01. The molecule has 0 bridgehead atoms. The quantitative estimate of drug-likeness (QED) is 0.604. The maximum absolute atomic E-state index is 13.1. The smallest absolute Gasteiger partial charge is 0.322 e. The van der Waals surface area contributed by atoms with E-state index in [2.05, 4.69) is 5.32 Å². The summed E-state index contributed by atoms with van der Waals surface area (Å²) in [6.45, 7) is 2.87. The Balaban J connectivity index is 1.53. The lowest BCUT2D eigenvalue weighted by Gasteiger charge is -2.28. The van der Waals surface area contributed by atoms with E-state index in [0.29, 0.717) is 43.2 Å². The molecule has 34 heavy (non-hydrogen) atoms. The molecule has 3 amide bonds. The monoisotopic (exact) mass is 463 g/mol. The number of hydrogen-bond donors (Lipinski definition) is 1. The summed E-state index contributed by atoms with van der Waals surface area (Å²) in [5, 5.41) is 7.63. The molecule has 4 rings (SSSR count). The summed E-state index contributed by atoms with van der Waals surface area (Å²) in [4.78, 5) is 28.9. The van der Waals surface area contributed by atoms with Gasteiger partial charge in [0.2, 0.25) is 5.91 Å². The van der Waals surface area contributed by atoms with Crippen LogP contribution in [-0.2, 0) is 31.4 Å². The number of amides is 3. The summed E-state index contributed by atoms with van der Waals surface area (Å²) < 4.78 is 12.4. The average molecular weight is 464 g/mol. The normalized spacial score (nSPS) is 12.6. The molecule has 0 spiro atoms. The minimum Gasteiger partial charge on any atom is -0.493 e. The number of hydrogen-bond acceptors (Lipinski definition) is 5. The lowest BCUT2D eigenvalue weighted by atomic mass is 10.0. The highest BCUT2D eigenvalue weighted by Crippen LogP contribution is 2.30. The molecule has 0 atom stereocenters. The van der Waals surface area contributed by atoms with E-state index in [-0.39, 0.29) is 11.9 Å². The Morgan fingerprint density at radius 2 is 1.82 bits per heavy atom. The van der Waals surface area contributed by atoms with Crippen LogP contribution in [-0.4, -0.2) is 47.4 Å².